The Morgan fingerprint density at radius 2 is 1.73 bits per heavy atom. The molecule has 1 saturated heterocycles. The van der Waals surface area contributed by atoms with Crippen LogP contribution in [0.5, 0.6) is 5.75 Å². The van der Waals surface area contributed by atoms with Crippen molar-refractivity contribution in [3.8, 4) is 16.3 Å². The molecule has 1 fully saturated rings. The second kappa shape index (κ2) is 7.89. The predicted molar refractivity (Wildman–Crippen MR) is 108 cm³/mol. The molecule has 1 aromatic heterocycles. The van der Waals surface area contributed by atoms with E-state index in [2.05, 4.69) is 39.4 Å². The molecule has 0 bridgehead atoms. The largest absolute Gasteiger partial charge is 0.506 e. The first-order valence-electron chi connectivity index (χ1n) is 9.05. The number of hydrogen-bond donors (Lipinski definition) is 1. The molecule has 0 unspecified atom stereocenters. The Balaban J connectivity index is 1.39. The van der Waals surface area contributed by atoms with Gasteiger partial charge in [-0.2, -0.15) is 0 Å². The van der Waals surface area contributed by atoms with Crippen molar-refractivity contribution in [3.05, 3.63) is 65.7 Å². The first-order chi connectivity index (χ1) is 12.8. The number of phenols is 1. The van der Waals surface area contributed by atoms with Gasteiger partial charge >= 0.3 is 0 Å². The van der Waals surface area contributed by atoms with E-state index >= 15 is 0 Å². The molecule has 2 aromatic carbocycles. The van der Waals surface area contributed by atoms with Gasteiger partial charge in [-0.25, -0.2) is 4.98 Å². The molecular weight excluding hydrogens is 342 g/mol. The molecule has 3 aromatic rings. The lowest BCUT2D eigenvalue weighted by Crippen LogP contribution is -2.30. The van der Waals surface area contributed by atoms with Gasteiger partial charge in [0.1, 0.15) is 10.8 Å². The maximum Gasteiger partial charge on any atom is 0.138 e. The molecule has 0 amide bonds. The fourth-order valence-electron chi connectivity index (χ4n) is 3.42. The van der Waals surface area contributed by atoms with Crippen molar-refractivity contribution in [1.29, 1.82) is 0 Å². The molecule has 1 aliphatic heterocycles. The minimum atomic E-state index is 0.368. The molecule has 5 heteroatoms. The first kappa shape index (κ1) is 17.1. The fraction of sp³-hybridized carbons (Fsp3) is 0.286. The molecule has 4 rings (SSSR count). The standard InChI is InChI=1S/C21H23N3OS/c25-20-10-5-4-9-19(20)24-12-6-11-23(13-14-24)15-18-16-26-21(22-18)17-7-2-1-3-8-17/h1-5,7-10,16,25H,6,11-15H2. The second-order valence-corrected chi connectivity index (χ2v) is 7.47. The van der Waals surface area contributed by atoms with Crippen molar-refractivity contribution in [2.24, 2.45) is 0 Å². The highest BCUT2D eigenvalue weighted by atomic mass is 32.1. The van der Waals surface area contributed by atoms with Crippen LogP contribution in [0.25, 0.3) is 10.6 Å². The molecule has 1 aliphatic rings. The number of para-hydroxylation sites is 2. The van der Waals surface area contributed by atoms with Crippen LogP contribution in [0, 0.1) is 0 Å². The Kier molecular flexibility index (Phi) is 5.18. The van der Waals surface area contributed by atoms with Gasteiger partial charge in [0.05, 0.1) is 11.4 Å². The summed E-state index contributed by atoms with van der Waals surface area (Å²) >= 11 is 1.71. The molecule has 0 aliphatic carbocycles. The summed E-state index contributed by atoms with van der Waals surface area (Å²) in [5, 5.41) is 13.4. The first-order valence-corrected chi connectivity index (χ1v) is 9.93. The highest BCUT2D eigenvalue weighted by molar-refractivity contribution is 7.13. The number of hydrogen-bond acceptors (Lipinski definition) is 5. The van der Waals surface area contributed by atoms with E-state index in [0.717, 1.165) is 55.5 Å². The maximum absolute atomic E-state index is 10.1. The van der Waals surface area contributed by atoms with E-state index in [1.165, 1.54) is 5.56 Å². The zero-order valence-corrected chi connectivity index (χ0v) is 15.5. The van der Waals surface area contributed by atoms with E-state index in [0.29, 0.717) is 5.75 Å². The summed E-state index contributed by atoms with van der Waals surface area (Å²) < 4.78 is 0. The van der Waals surface area contributed by atoms with Crippen molar-refractivity contribution in [2.45, 2.75) is 13.0 Å². The third-order valence-corrected chi connectivity index (χ3v) is 5.71. The molecule has 0 spiro atoms. The average Bonchev–Trinajstić information content (AvgIpc) is 3.02. The van der Waals surface area contributed by atoms with Crippen LogP contribution in [0.15, 0.2) is 60.0 Å². The predicted octanol–water partition coefficient (Wildman–Crippen LogP) is 4.23. The van der Waals surface area contributed by atoms with E-state index < -0.39 is 0 Å². The van der Waals surface area contributed by atoms with Crippen LogP contribution in [-0.4, -0.2) is 41.2 Å². The Labute approximate surface area is 158 Å². The van der Waals surface area contributed by atoms with Crippen LogP contribution in [0.2, 0.25) is 0 Å². The normalized spacial score (nSPS) is 15.8. The van der Waals surface area contributed by atoms with Gasteiger partial charge in [-0.15, -0.1) is 11.3 Å². The van der Waals surface area contributed by atoms with Gasteiger partial charge in [-0.05, 0) is 18.6 Å². The lowest BCUT2D eigenvalue weighted by molar-refractivity contribution is 0.282. The lowest BCUT2D eigenvalue weighted by atomic mass is 10.2. The highest BCUT2D eigenvalue weighted by Gasteiger charge is 2.18. The van der Waals surface area contributed by atoms with Gasteiger partial charge in [0, 0.05) is 43.7 Å². The molecular formula is C21H23N3OS. The minimum absolute atomic E-state index is 0.368. The number of nitrogens with zero attached hydrogens (tertiary/aromatic N) is 3. The summed E-state index contributed by atoms with van der Waals surface area (Å²) in [6.07, 6.45) is 1.09. The van der Waals surface area contributed by atoms with Crippen molar-refractivity contribution in [1.82, 2.24) is 9.88 Å². The molecule has 26 heavy (non-hydrogen) atoms. The van der Waals surface area contributed by atoms with Crippen molar-refractivity contribution in [2.75, 3.05) is 31.1 Å². The number of thiazole rings is 1. The Bertz CT molecular complexity index is 849. The number of benzene rings is 2. The summed E-state index contributed by atoms with van der Waals surface area (Å²) in [5.74, 6) is 0.368. The van der Waals surface area contributed by atoms with E-state index in [4.69, 9.17) is 4.98 Å². The van der Waals surface area contributed by atoms with Crippen molar-refractivity contribution in [3.63, 3.8) is 0 Å². The molecule has 2 heterocycles. The molecule has 0 saturated carbocycles. The summed E-state index contributed by atoms with van der Waals surface area (Å²) in [6, 6.07) is 18.0. The number of rotatable bonds is 4. The Morgan fingerprint density at radius 1 is 0.923 bits per heavy atom. The molecule has 1 N–H and O–H groups in total. The van der Waals surface area contributed by atoms with Crippen LogP contribution in [0.4, 0.5) is 5.69 Å². The summed E-state index contributed by atoms with van der Waals surface area (Å²) in [4.78, 5) is 9.57. The van der Waals surface area contributed by atoms with Crippen LogP contribution >= 0.6 is 11.3 Å². The van der Waals surface area contributed by atoms with Crippen LogP contribution in [-0.2, 0) is 6.54 Å². The molecule has 0 atom stereocenters. The summed E-state index contributed by atoms with van der Waals surface area (Å²) in [5.41, 5.74) is 3.27. The van der Waals surface area contributed by atoms with Gasteiger partial charge in [-0.3, -0.25) is 4.90 Å². The van der Waals surface area contributed by atoms with Gasteiger partial charge < -0.3 is 10.0 Å². The monoisotopic (exact) mass is 365 g/mol. The summed E-state index contributed by atoms with van der Waals surface area (Å²) in [7, 11) is 0. The number of phenolic OH excluding ortho intramolecular Hbond substituents is 1. The average molecular weight is 366 g/mol. The third-order valence-electron chi connectivity index (χ3n) is 4.77. The quantitative estimate of drug-likeness (QED) is 0.751. The zero-order chi connectivity index (χ0) is 17.8. The van der Waals surface area contributed by atoms with E-state index in [-0.39, 0.29) is 0 Å². The topological polar surface area (TPSA) is 39.6 Å². The van der Waals surface area contributed by atoms with Gasteiger partial charge in [0.2, 0.25) is 0 Å². The van der Waals surface area contributed by atoms with E-state index in [9.17, 15) is 5.11 Å². The van der Waals surface area contributed by atoms with Crippen LogP contribution in [0.1, 0.15) is 12.1 Å². The third kappa shape index (κ3) is 3.89. The smallest absolute Gasteiger partial charge is 0.138 e. The van der Waals surface area contributed by atoms with Gasteiger partial charge in [0.25, 0.3) is 0 Å². The molecule has 0 radical (unpaired) electrons. The number of anilines is 1. The zero-order valence-electron chi connectivity index (χ0n) is 14.7. The van der Waals surface area contributed by atoms with Crippen molar-refractivity contribution >= 4 is 17.0 Å². The van der Waals surface area contributed by atoms with E-state index in [1.807, 2.05) is 24.3 Å². The number of aromatic nitrogens is 1. The second-order valence-electron chi connectivity index (χ2n) is 6.62. The van der Waals surface area contributed by atoms with E-state index in [1.54, 1.807) is 17.4 Å². The Hall–Kier alpha value is -2.37. The number of aromatic hydroxyl groups is 1. The SMILES string of the molecule is Oc1ccccc1N1CCCN(Cc2csc(-c3ccccc3)n2)CC1. The Morgan fingerprint density at radius 3 is 2.58 bits per heavy atom. The van der Waals surface area contributed by atoms with Gasteiger partial charge in [0.15, 0.2) is 0 Å². The van der Waals surface area contributed by atoms with Crippen LogP contribution < -0.4 is 4.90 Å². The van der Waals surface area contributed by atoms with Crippen molar-refractivity contribution < 1.29 is 5.11 Å². The highest BCUT2D eigenvalue weighted by Crippen LogP contribution is 2.28. The maximum atomic E-state index is 10.1. The minimum Gasteiger partial charge on any atom is -0.506 e. The lowest BCUT2D eigenvalue weighted by Gasteiger charge is -2.24. The van der Waals surface area contributed by atoms with Gasteiger partial charge in [-0.1, -0.05) is 42.5 Å². The molecule has 4 nitrogen and oxygen atoms in total. The summed E-state index contributed by atoms with van der Waals surface area (Å²) in [6.45, 7) is 4.82. The molecule has 134 valence electrons. The fourth-order valence-corrected chi connectivity index (χ4v) is 4.24. The van der Waals surface area contributed by atoms with Crippen LogP contribution in [0.3, 0.4) is 0 Å².